The molecule has 0 saturated carbocycles. The first-order valence-electron chi connectivity index (χ1n) is 17.2. The molecular formula is C32H53N9O11S. The molecule has 1 heterocycles. The monoisotopic (exact) mass is 771 g/mol. The molecule has 0 radical (unpaired) electrons. The molecule has 0 bridgehead atoms. The molecule has 1 aliphatic heterocycles. The van der Waals surface area contributed by atoms with Gasteiger partial charge in [-0.2, -0.15) is 11.8 Å². The molecule has 11 N–H and O–H groups in total. The number of hydrogen-bond acceptors (Lipinski definition) is 11. The van der Waals surface area contributed by atoms with Crippen LogP contribution >= 0.6 is 11.8 Å². The Kier molecular flexibility index (Phi) is 20.5. The Morgan fingerprint density at radius 1 is 0.792 bits per heavy atom. The molecule has 1 aliphatic rings. The summed E-state index contributed by atoms with van der Waals surface area (Å²) in [4.78, 5) is 126. The summed E-state index contributed by atoms with van der Waals surface area (Å²) in [5, 5.41) is 23.7. The Balaban J connectivity index is 3.06. The van der Waals surface area contributed by atoms with E-state index in [0.717, 1.165) is 0 Å². The van der Waals surface area contributed by atoms with E-state index in [0.29, 0.717) is 18.6 Å². The van der Waals surface area contributed by atoms with Crippen molar-refractivity contribution in [3.05, 3.63) is 0 Å². The van der Waals surface area contributed by atoms with Crippen molar-refractivity contribution in [1.29, 1.82) is 0 Å². The Morgan fingerprint density at radius 3 is 1.92 bits per heavy atom. The lowest BCUT2D eigenvalue weighted by atomic mass is 9.97. The molecule has 298 valence electrons. The van der Waals surface area contributed by atoms with E-state index < -0.39 is 108 Å². The second-order valence-electron chi connectivity index (χ2n) is 12.6. The maximum Gasteiger partial charge on any atom is 0.322 e. The standard InChI is InChI=1S/C32H53N9O11S/c1-5-17(2)27(40-29(49)20(12-14-53-4)39-28(48)19(37-18(3)42)8-10-23(33)43)31(51)35-15-25(45)38-21(9-11-24(34)44)32(52)41-13-6-7-22(41)30(50)36-16-26(46)47/h17,19-22,27H,5-16H2,1-4H3,(H2,33,43)(H2,34,44)(H,35,51)(H,36,50)(H,37,42)(H,38,45)(H,39,48)(H,40,49)(H,46,47)/t17-,19-,20-,21-,22-,27-/m0/s1. The van der Waals surface area contributed by atoms with E-state index in [-0.39, 0.29) is 45.1 Å². The number of nitrogens with one attached hydrogen (secondary N) is 6. The van der Waals surface area contributed by atoms with Crippen molar-refractivity contribution in [2.45, 2.75) is 102 Å². The zero-order chi connectivity index (χ0) is 40.2. The third-order valence-electron chi connectivity index (χ3n) is 8.40. The van der Waals surface area contributed by atoms with Crippen LogP contribution in [0.2, 0.25) is 0 Å². The van der Waals surface area contributed by atoms with Crippen molar-refractivity contribution in [2.75, 3.05) is 31.6 Å². The van der Waals surface area contributed by atoms with Crippen LogP contribution in [0.4, 0.5) is 0 Å². The smallest absolute Gasteiger partial charge is 0.322 e. The predicted molar refractivity (Wildman–Crippen MR) is 191 cm³/mol. The highest BCUT2D eigenvalue weighted by Gasteiger charge is 2.38. The third-order valence-corrected chi connectivity index (χ3v) is 9.04. The summed E-state index contributed by atoms with van der Waals surface area (Å²) in [5.74, 6) is -7.66. The highest BCUT2D eigenvalue weighted by Crippen LogP contribution is 2.20. The molecule has 1 rings (SSSR count). The minimum absolute atomic E-state index is 0.104. The van der Waals surface area contributed by atoms with Crippen LogP contribution in [0.5, 0.6) is 0 Å². The summed E-state index contributed by atoms with van der Waals surface area (Å²) in [6, 6.07) is -5.77. The van der Waals surface area contributed by atoms with Crippen LogP contribution in [0.1, 0.15) is 72.1 Å². The first-order valence-corrected chi connectivity index (χ1v) is 18.6. The number of amides is 9. The number of likely N-dealkylation sites (tertiary alicyclic amines) is 1. The highest BCUT2D eigenvalue weighted by molar-refractivity contribution is 7.98. The largest absolute Gasteiger partial charge is 0.480 e. The van der Waals surface area contributed by atoms with E-state index in [1.807, 2.05) is 0 Å². The second-order valence-corrected chi connectivity index (χ2v) is 13.6. The molecule has 53 heavy (non-hydrogen) atoms. The van der Waals surface area contributed by atoms with Crippen molar-refractivity contribution in [3.8, 4) is 0 Å². The van der Waals surface area contributed by atoms with Gasteiger partial charge in [-0.1, -0.05) is 20.3 Å². The zero-order valence-electron chi connectivity index (χ0n) is 30.5. The lowest BCUT2D eigenvalue weighted by Gasteiger charge is -2.29. The second kappa shape index (κ2) is 23.6. The first kappa shape index (κ1) is 46.1. The molecule has 0 aromatic carbocycles. The molecular weight excluding hydrogens is 718 g/mol. The van der Waals surface area contributed by atoms with Gasteiger partial charge >= 0.3 is 5.97 Å². The minimum Gasteiger partial charge on any atom is -0.480 e. The summed E-state index contributed by atoms with van der Waals surface area (Å²) in [7, 11) is 0. The number of carbonyl (C=O) groups excluding carboxylic acids is 9. The van der Waals surface area contributed by atoms with Crippen molar-refractivity contribution in [1.82, 2.24) is 36.8 Å². The minimum atomic E-state index is -1.31. The Labute approximate surface area is 311 Å². The van der Waals surface area contributed by atoms with Gasteiger partial charge in [-0.3, -0.25) is 47.9 Å². The Bertz CT molecular complexity index is 1370. The number of thioether (sulfide) groups is 1. The van der Waals surface area contributed by atoms with Crippen LogP contribution in [-0.4, -0.2) is 131 Å². The summed E-state index contributed by atoms with van der Waals surface area (Å²) < 4.78 is 0. The fourth-order valence-corrected chi connectivity index (χ4v) is 5.86. The lowest BCUT2D eigenvalue weighted by Crippen LogP contribution is -2.59. The van der Waals surface area contributed by atoms with Gasteiger partial charge in [0, 0.05) is 26.3 Å². The number of carboxylic acid groups (broad SMARTS) is 1. The summed E-state index contributed by atoms with van der Waals surface area (Å²) >= 11 is 1.40. The molecule has 1 fully saturated rings. The molecule has 0 unspecified atom stereocenters. The number of nitrogens with two attached hydrogens (primary N) is 2. The average molecular weight is 772 g/mol. The Hall–Kier alpha value is -4.95. The fourth-order valence-electron chi connectivity index (χ4n) is 5.38. The van der Waals surface area contributed by atoms with Gasteiger partial charge < -0.3 is 53.4 Å². The normalized spacial score (nSPS) is 16.5. The number of primary amides is 2. The molecule has 0 aromatic rings. The van der Waals surface area contributed by atoms with Crippen LogP contribution in [0, 0.1) is 5.92 Å². The van der Waals surface area contributed by atoms with Gasteiger partial charge in [0.05, 0.1) is 6.54 Å². The van der Waals surface area contributed by atoms with Crippen LogP contribution in [-0.2, 0) is 47.9 Å². The van der Waals surface area contributed by atoms with Crippen LogP contribution < -0.4 is 43.4 Å². The number of hydrogen-bond donors (Lipinski definition) is 9. The molecule has 20 nitrogen and oxygen atoms in total. The maximum atomic E-state index is 13.5. The van der Waals surface area contributed by atoms with Gasteiger partial charge in [-0.15, -0.1) is 0 Å². The Morgan fingerprint density at radius 2 is 1.38 bits per heavy atom. The number of aliphatic carboxylic acids is 1. The molecule has 0 aliphatic carbocycles. The van der Waals surface area contributed by atoms with Crippen LogP contribution in [0.3, 0.4) is 0 Å². The number of rotatable bonds is 24. The number of carboxylic acids is 1. The molecule has 6 atom stereocenters. The van der Waals surface area contributed by atoms with E-state index in [2.05, 4.69) is 31.9 Å². The van der Waals surface area contributed by atoms with Crippen LogP contribution in [0.25, 0.3) is 0 Å². The van der Waals surface area contributed by atoms with Gasteiger partial charge in [-0.05, 0) is 50.0 Å². The maximum absolute atomic E-state index is 13.5. The molecule has 9 amide bonds. The topological polar surface area (TPSA) is 318 Å². The van der Waals surface area contributed by atoms with Gasteiger partial charge in [-0.25, -0.2) is 0 Å². The quantitative estimate of drug-likeness (QED) is 0.0464. The summed E-state index contributed by atoms with van der Waals surface area (Å²) in [5.41, 5.74) is 10.5. The van der Waals surface area contributed by atoms with Gasteiger partial charge in [0.1, 0.15) is 36.8 Å². The molecule has 0 aromatic heterocycles. The summed E-state index contributed by atoms with van der Waals surface area (Å²) in [6.07, 6.45) is 2.23. The number of carbonyl (C=O) groups is 10. The molecule has 1 saturated heterocycles. The fraction of sp³-hybridized carbons (Fsp3) is 0.688. The average Bonchev–Trinajstić information content (AvgIpc) is 3.59. The van der Waals surface area contributed by atoms with E-state index >= 15 is 0 Å². The first-order chi connectivity index (χ1) is 24.9. The van der Waals surface area contributed by atoms with E-state index in [1.54, 1.807) is 20.1 Å². The molecule has 0 spiro atoms. The van der Waals surface area contributed by atoms with Gasteiger partial charge in [0.2, 0.25) is 53.2 Å². The highest BCUT2D eigenvalue weighted by atomic mass is 32.2. The third kappa shape index (κ3) is 17.0. The molecule has 21 heteroatoms. The van der Waals surface area contributed by atoms with Crippen molar-refractivity contribution in [2.24, 2.45) is 17.4 Å². The summed E-state index contributed by atoms with van der Waals surface area (Å²) in [6.45, 7) is 3.49. The van der Waals surface area contributed by atoms with E-state index in [1.165, 1.54) is 23.6 Å². The van der Waals surface area contributed by atoms with Crippen molar-refractivity contribution in [3.63, 3.8) is 0 Å². The van der Waals surface area contributed by atoms with Gasteiger partial charge in [0.15, 0.2) is 0 Å². The van der Waals surface area contributed by atoms with Gasteiger partial charge in [0.25, 0.3) is 0 Å². The van der Waals surface area contributed by atoms with Crippen LogP contribution in [0.15, 0.2) is 0 Å². The lowest BCUT2D eigenvalue weighted by molar-refractivity contribution is -0.143. The SMILES string of the molecule is CC[C@H](C)[C@H](NC(=O)[C@H](CCSC)NC(=O)[C@H](CCC(N)=O)NC(C)=O)C(=O)NCC(=O)N[C@@H](CCC(N)=O)C(=O)N1CCC[C@H]1C(=O)NCC(=O)O. The predicted octanol–water partition coefficient (Wildman–Crippen LogP) is -3.42. The van der Waals surface area contributed by atoms with Crippen molar-refractivity contribution < 1.29 is 53.1 Å². The number of nitrogens with zero attached hydrogens (tertiary/aromatic N) is 1. The van der Waals surface area contributed by atoms with E-state index in [9.17, 15) is 47.9 Å². The van der Waals surface area contributed by atoms with E-state index in [4.69, 9.17) is 16.6 Å². The zero-order valence-corrected chi connectivity index (χ0v) is 31.3. The van der Waals surface area contributed by atoms with Crippen molar-refractivity contribution >= 4 is 70.9 Å².